The molecule has 0 saturated carbocycles. The topological polar surface area (TPSA) is 34.1 Å². The quantitative estimate of drug-likeness (QED) is 0.489. The second kappa shape index (κ2) is 4.05. The number of rotatable bonds is 2. The molecular weight excluding hydrogens is 111 g/mol. The van der Waals surface area contributed by atoms with E-state index in [4.69, 9.17) is 0 Å². The van der Waals surface area contributed by atoms with Gasteiger partial charge in [-0.2, -0.15) is 0 Å². The van der Waals surface area contributed by atoms with Crippen LogP contribution in [-0.4, -0.2) is 14.6 Å². The molecule has 0 radical (unpaired) electrons. The van der Waals surface area contributed by atoms with Crippen molar-refractivity contribution in [3.63, 3.8) is 0 Å². The minimum absolute atomic E-state index is 0.663. The van der Waals surface area contributed by atoms with Crippen molar-refractivity contribution in [3.05, 3.63) is 0 Å². The van der Waals surface area contributed by atoms with Crippen LogP contribution in [-0.2, 0) is 10.1 Å². The van der Waals surface area contributed by atoms with Crippen molar-refractivity contribution in [2.75, 3.05) is 0 Å². The van der Waals surface area contributed by atoms with Gasteiger partial charge in [0.15, 0.2) is 0 Å². The maximum atomic E-state index is 9.70. The summed E-state index contributed by atoms with van der Waals surface area (Å²) >= 11 is 0. The molecular formula is C3H7BO2S. The Kier molecular flexibility index (Phi) is 3.99. The molecule has 0 saturated heterocycles. The Balaban J connectivity index is 3.49. The van der Waals surface area contributed by atoms with Gasteiger partial charge in [0, 0.05) is 0 Å². The van der Waals surface area contributed by atoms with Crippen LogP contribution in [0.5, 0.6) is 0 Å². The number of hydrogen-bond acceptors (Lipinski definition) is 2. The maximum absolute atomic E-state index is 9.70. The molecule has 0 rings (SSSR count). The normalized spacial score (nSPS) is 7.57. The third kappa shape index (κ3) is 5.88. The van der Waals surface area contributed by atoms with Crippen LogP contribution in [0, 0.1) is 0 Å². The predicted octanol–water partition coefficient (Wildman–Crippen LogP) is 0.313. The van der Waals surface area contributed by atoms with E-state index < -0.39 is 10.1 Å². The fourth-order valence-corrected chi connectivity index (χ4v) is 0.642. The molecule has 0 N–H and O–H groups in total. The summed E-state index contributed by atoms with van der Waals surface area (Å²) in [7, 11) is -1.94. The molecule has 0 fully saturated rings. The summed E-state index contributed by atoms with van der Waals surface area (Å²) in [4.78, 5) is 0. The van der Waals surface area contributed by atoms with E-state index in [2.05, 4.69) is 0 Å². The first-order chi connectivity index (χ1) is 3.27. The van der Waals surface area contributed by atoms with Gasteiger partial charge in [-0.3, -0.25) is 0 Å². The second-order valence-electron chi connectivity index (χ2n) is 1.22. The van der Waals surface area contributed by atoms with Gasteiger partial charge in [0.1, 0.15) is 0 Å². The molecule has 0 aromatic rings. The molecule has 7 heavy (non-hydrogen) atoms. The predicted molar refractivity (Wildman–Crippen MR) is 29.8 cm³/mol. The SMILES string of the molecule is CCCB=S(=O)=O. The molecule has 0 spiro atoms. The van der Waals surface area contributed by atoms with Crippen molar-refractivity contribution in [2.45, 2.75) is 19.7 Å². The summed E-state index contributed by atoms with van der Waals surface area (Å²) in [5.74, 6) is 0. The zero-order chi connectivity index (χ0) is 5.70. The standard InChI is InChI=1S/C3H7BO2S/c1-2-3-4-7(5)6/h2-3H2,1H3. The van der Waals surface area contributed by atoms with Gasteiger partial charge in [-0.15, -0.1) is 0 Å². The van der Waals surface area contributed by atoms with E-state index in [0.29, 0.717) is 6.32 Å². The van der Waals surface area contributed by atoms with Crippen molar-refractivity contribution >= 4 is 16.3 Å². The molecule has 0 aromatic heterocycles. The van der Waals surface area contributed by atoms with Crippen LogP contribution in [0.1, 0.15) is 13.3 Å². The van der Waals surface area contributed by atoms with Gasteiger partial charge in [0.25, 0.3) is 0 Å². The van der Waals surface area contributed by atoms with Crippen molar-refractivity contribution < 1.29 is 8.42 Å². The van der Waals surface area contributed by atoms with Crippen LogP contribution in [0.25, 0.3) is 0 Å². The van der Waals surface area contributed by atoms with Crippen molar-refractivity contribution in [1.82, 2.24) is 0 Å². The van der Waals surface area contributed by atoms with Crippen LogP contribution in [0.3, 0.4) is 0 Å². The molecule has 2 nitrogen and oxygen atoms in total. The average Bonchev–Trinajstić information content (AvgIpc) is 1.61. The zero-order valence-corrected chi connectivity index (χ0v) is 5.03. The van der Waals surface area contributed by atoms with Gasteiger partial charge >= 0.3 is 44.4 Å². The average molecular weight is 118 g/mol. The van der Waals surface area contributed by atoms with Crippen molar-refractivity contribution in [2.24, 2.45) is 0 Å². The monoisotopic (exact) mass is 118 g/mol. The van der Waals surface area contributed by atoms with Crippen LogP contribution in [0.2, 0.25) is 6.32 Å². The molecule has 0 aliphatic heterocycles. The molecule has 0 amide bonds. The number of hydrogen-bond donors (Lipinski definition) is 0. The second-order valence-corrected chi connectivity index (χ2v) is 2.07. The van der Waals surface area contributed by atoms with E-state index >= 15 is 0 Å². The van der Waals surface area contributed by atoms with E-state index in [-0.39, 0.29) is 0 Å². The first-order valence-electron chi connectivity index (χ1n) is 2.18. The Morgan fingerprint density at radius 2 is 2.14 bits per heavy atom. The fourth-order valence-electron chi connectivity index (χ4n) is 0.214. The van der Waals surface area contributed by atoms with E-state index in [0.717, 1.165) is 6.42 Å². The molecule has 0 aliphatic carbocycles. The Bertz CT molecular complexity index is 138. The molecule has 0 aromatic carbocycles. The van der Waals surface area contributed by atoms with Gasteiger partial charge in [-0.1, -0.05) is 0 Å². The Morgan fingerprint density at radius 3 is 2.29 bits per heavy atom. The summed E-state index contributed by atoms with van der Waals surface area (Å²) in [5.41, 5.74) is 0. The van der Waals surface area contributed by atoms with E-state index in [1.165, 1.54) is 6.15 Å². The molecule has 0 bridgehead atoms. The van der Waals surface area contributed by atoms with Gasteiger partial charge in [-0.25, -0.2) is 0 Å². The van der Waals surface area contributed by atoms with Crippen LogP contribution < -0.4 is 0 Å². The molecule has 0 atom stereocenters. The summed E-state index contributed by atoms with van der Waals surface area (Å²) in [6, 6.07) is 0. The Morgan fingerprint density at radius 1 is 1.57 bits per heavy atom. The van der Waals surface area contributed by atoms with Crippen LogP contribution in [0.15, 0.2) is 0 Å². The first-order valence-corrected chi connectivity index (χ1v) is 3.32. The third-order valence-electron chi connectivity index (χ3n) is 0.543. The molecule has 0 unspecified atom stereocenters. The summed E-state index contributed by atoms with van der Waals surface area (Å²) < 4.78 is 19.4. The summed E-state index contributed by atoms with van der Waals surface area (Å²) in [6.07, 6.45) is 2.82. The van der Waals surface area contributed by atoms with Crippen molar-refractivity contribution in [1.29, 1.82) is 0 Å². The Hall–Kier alpha value is -0.115. The third-order valence-corrected chi connectivity index (χ3v) is 1.05. The summed E-state index contributed by atoms with van der Waals surface area (Å²) in [5, 5.41) is 0. The summed E-state index contributed by atoms with van der Waals surface area (Å²) in [6.45, 7) is 1.93. The first kappa shape index (κ1) is 6.88. The minimum atomic E-state index is -1.94. The van der Waals surface area contributed by atoms with Crippen molar-refractivity contribution in [3.8, 4) is 0 Å². The van der Waals surface area contributed by atoms with E-state index in [9.17, 15) is 8.42 Å². The van der Waals surface area contributed by atoms with E-state index in [1.807, 2.05) is 6.92 Å². The van der Waals surface area contributed by atoms with Gasteiger partial charge in [-0.05, 0) is 0 Å². The molecule has 0 aliphatic rings. The van der Waals surface area contributed by atoms with Gasteiger partial charge < -0.3 is 0 Å². The Labute approximate surface area is 45.2 Å². The molecule has 4 heteroatoms. The van der Waals surface area contributed by atoms with Gasteiger partial charge in [0.05, 0.1) is 0 Å². The van der Waals surface area contributed by atoms with Crippen LogP contribution >= 0.6 is 0 Å². The van der Waals surface area contributed by atoms with Crippen LogP contribution in [0.4, 0.5) is 0 Å². The van der Waals surface area contributed by atoms with Gasteiger partial charge in [0.2, 0.25) is 0 Å². The zero-order valence-electron chi connectivity index (χ0n) is 4.22. The molecule has 0 heterocycles. The molecule has 40 valence electrons. The van der Waals surface area contributed by atoms with E-state index in [1.54, 1.807) is 0 Å². The fraction of sp³-hybridized carbons (Fsp3) is 1.00.